The normalized spacial score (nSPS) is 20.2. The summed E-state index contributed by atoms with van der Waals surface area (Å²) in [5.41, 5.74) is 0.457. The molecule has 1 amide bonds. The molecule has 3 rings (SSSR count). The van der Waals surface area contributed by atoms with E-state index in [0.717, 1.165) is 45.3 Å². The van der Waals surface area contributed by atoms with Gasteiger partial charge < -0.3 is 9.80 Å². The van der Waals surface area contributed by atoms with E-state index in [1.165, 1.54) is 10.7 Å². The minimum Gasteiger partial charge on any atom is -0.336 e. The Labute approximate surface area is 163 Å². The van der Waals surface area contributed by atoms with Crippen molar-refractivity contribution in [1.29, 1.82) is 0 Å². The van der Waals surface area contributed by atoms with Crippen molar-refractivity contribution in [2.45, 2.75) is 50.0 Å². The van der Waals surface area contributed by atoms with Crippen LogP contribution in [0.2, 0.25) is 0 Å². The highest BCUT2D eigenvalue weighted by Crippen LogP contribution is 2.27. The largest absolute Gasteiger partial charge is 0.336 e. The molecule has 1 saturated heterocycles. The summed E-state index contributed by atoms with van der Waals surface area (Å²) >= 11 is 0. The zero-order valence-electron chi connectivity index (χ0n) is 16.4. The second kappa shape index (κ2) is 8.71. The molecular formula is C20H31N3O3S. The molecule has 2 aliphatic rings. The molecule has 1 heterocycles. The van der Waals surface area contributed by atoms with Gasteiger partial charge in [0.25, 0.3) is 5.91 Å². The molecule has 0 aromatic heterocycles. The number of carbonyl (C=O) groups is 1. The Hall–Kier alpha value is -1.44. The van der Waals surface area contributed by atoms with Crippen molar-refractivity contribution in [1.82, 2.24) is 14.1 Å². The van der Waals surface area contributed by atoms with Crippen molar-refractivity contribution >= 4 is 15.9 Å². The molecule has 0 bridgehead atoms. The number of hydrogen-bond donors (Lipinski definition) is 0. The first kappa shape index (κ1) is 20.3. The SMILES string of the molecule is CCN1CCN(C(=O)c2cccc(S(=O)(=O)N(C)C3CCCCC3)c2)CC1. The third kappa shape index (κ3) is 4.52. The first-order chi connectivity index (χ1) is 12.9. The van der Waals surface area contributed by atoms with Crippen LogP contribution >= 0.6 is 0 Å². The Balaban J connectivity index is 1.75. The molecule has 7 heteroatoms. The Morgan fingerprint density at radius 1 is 1.11 bits per heavy atom. The van der Waals surface area contributed by atoms with Gasteiger partial charge in [-0.1, -0.05) is 32.3 Å². The van der Waals surface area contributed by atoms with E-state index in [-0.39, 0.29) is 16.8 Å². The topological polar surface area (TPSA) is 60.9 Å². The minimum absolute atomic E-state index is 0.0604. The van der Waals surface area contributed by atoms with Gasteiger partial charge in [-0.2, -0.15) is 4.31 Å². The van der Waals surface area contributed by atoms with Crippen molar-refractivity contribution < 1.29 is 13.2 Å². The van der Waals surface area contributed by atoms with Gasteiger partial charge in [0.2, 0.25) is 10.0 Å². The number of likely N-dealkylation sites (N-methyl/N-ethyl adjacent to an activating group) is 1. The summed E-state index contributed by atoms with van der Waals surface area (Å²) in [6, 6.07) is 6.60. The van der Waals surface area contributed by atoms with Crippen molar-refractivity contribution in [3.63, 3.8) is 0 Å². The van der Waals surface area contributed by atoms with Gasteiger partial charge in [0.05, 0.1) is 4.90 Å². The lowest BCUT2D eigenvalue weighted by molar-refractivity contribution is 0.0643. The van der Waals surface area contributed by atoms with Crippen molar-refractivity contribution in [2.75, 3.05) is 39.8 Å². The summed E-state index contributed by atoms with van der Waals surface area (Å²) in [4.78, 5) is 17.2. The number of benzene rings is 1. The molecule has 1 aliphatic heterocycles. The van der Waals surface area contributed by atoms with Gasteiger partial charge in [0.1, 0.15) is 0 Å². The fourth-order valence-corrected chi connectivity index (χ4v) is 5.51. The van der Waals surface area contributed by atoms with Crippen LogP contribution in [0.3, 0.4) is 0 Å². The summed E-state index contributed by atoms with van der Waals surface area (Å²) in [7, 11) is -1.91. The van der Waals surface area contributed by atoms with E-state index in [1.807, 2.05) is 4.90 Å². The van der Waals surface area contributed by atoms with E-state index in [0.29, 0.717) is 18.7 Å². The molecule has 1 aromatic carbocycles. The quantitative estimate of drug-likeness (QED) is 0.771. The molecule has 2 fully saturated rings. The van der Waals surface area contributed by atoms with E-state index >= 15 is 0 Å². The van der Waals surface area contributed by atoms with Gasteiger partial charge in [0.15, 0.2) is 0 Å². The number of carbonyl (C=O) groups excluding carboxylic acids is 1. The van der Waals surface area contributed by atoms with Crippen molar-refractivity contribution in [3.8, 4) is 0 Å². The van der Waals surface area contributed by atoms with Crippen LogP contribution in [0.4, 0.5) is 0 Å². The van der Waals surface area contributed by atoms with Crippen LogP contribution in [0, 0.1) is 0 Å². The summed E-state index contributed by atoms with van der Waals surface area (Å²) in [5, 5.41) is 0. The average Bonchev–Trinajstić information content (AvgIpc) is 2.73. The van der Waals surface area contributed by atoms with Gasteiger partial charge in [-0.25, -0.2) is 8.42 Å². The second-order valence-electron chi connectivity index (χ2n) is 7.57. The maximum Gasteiger partial charge on any atom is 0.253 e. The van der Waals surface area contributed by atoms with Gasteiger partial charge in [-0.15, -0.1) is 0 Å². The van der Waals surface area contributed by atoms with Crippen LogP contribution in [0.25, 0.3) is 0 Å². The van der Waals surface area contributed by atoms with Crippen molar-refractivity contribution in [3.05, 3.63) is 29.8 Å². The lowest BCUT2D eigenvalue weighted by Gasteiger charge is -2.34. The molecule has 6 nitrogen and oxygen atoms in total. The van der Waals surface area contributed by atoms with E-state index < -0.39 is 10.0 Å². The third-order valence-corrected chi connectivity index (χ3v) is 7.86. The smallest absolute Gasteiger partial charge is 0.253 e. The molecule has 0 unspecified atom stereocenters. The zero-order valence-corrected chi connectivity index (χ0v) is 17.2. The Kier molecular flexibility index (Phi) is 6.55. The number of piperazine rings is 1. The summed E-state index contributed by atoms with van der Waals surface area (Å²) in [5.74, 6) is -0.0804. The molecule has 0 radical (unpaired) electrons. The highest BCUT2D eigenvalue weighted by molar-refractivity contribution is 7.89. The molecule has 1 aromatic rings. The predicted molar refractivity (Wildman–Crippen MR) is 106 cm³/mol. The van der Waals surface area contributed by atoms with Gasteiger partial charge in [0, 0.05) is 44.8 Å². The summed E-state index contributed by atoms with van der Waals surface area (Å²) in [6.45, 7) is 6.21. The van der Waals surface area contributed by atoms with Crippen LogP contribution in [0.1, 0.15) is 49.4 Å². The number of nitrogens with zero attached hydrogens (tertiary/aromatic N) is 3. The number of sulfonamides is 1. The monoisotopic (exact) mass is 393 g/mol. The van der Waals surface area contributed by atoms with Gasteiger partial charge in [-0.05, 0) is 37.6 Å². The van der Waals surface area contributed by atoms with E-state index in [4.69, 9.17) is 0 Å². The number of amides is 1. The van der Waals surface area contributed by atoms with Crippen LogP contribution in [-0.4, -0.2) is 74.2 Å². The standard InChI is InChI=1S/C20H31N3O3S/c1-3-22-12-14-23(15-13-22)20(24)17-8-7-11-19(16-17)27(25,26)21(2)18-9-5-4-6-10-18/h7-8,11,16,18H,3-6,9-10,12-15H2,1-2H3. The molecule has 1 aliphatic carbocycles. The van der Waals surface area contributed by atoms with E-state index in [2.05, 4.69) is 11.8 Å². The lowest BCUT2D eigenvalue weighted by atomic mass is 9.96. The van der Waals surface area contributed by atoms with E-state index in [9.17, 15) is 13.2 Å². The summed E-state index contributed by atoms with van der Waals surface area (Å²) < 4.78 is 27.6. The van der Waals surface area contributed by atoms with Crippen molar-refractivity contribution in [2.24, 2.45) is 0 Å². The third-order valence-electron chi connectivity index (χ3n) is 5.95. The maximum absolute atomic E-state index is 13.1. The van der Waals surface area contributed by atoms with Gasteiger partial charge >= 0.3 is 0 Å². The zero-order chi connectivity index (χ0) is 19.4. The van der Waals surface area contributed by atoms with Gasteiger partial charge in [-0.3, -0.25) is 4.79 Å². The molecule has 150 valence electrons. The number of rotatable bonds is 5. The molecular weight excluding hydrogens is 362 g/mol. The van der Waals surface area contributed by atoms with Crippen LogP contribution in [-0.2, 0) is 10.0 Å². The first-order valence-electron chi connectivity index (χ1n) is 10.0. The van der Waals surface area contributed by atoms with Crippen LogP contribution < -0.4 is 0 Å². The van der Waals surface area contributed by atoms with E-state index in [1.54, 1.807) is 31.3 Å². The molecule has 1 saturated carbocycles. The Morgan fingerprint density at radius 3 is 2.41 bits per heavy atom. The Morgan fingerprint density at radius 2 is 1.78 bits per heavy atom. The highest BCUT2D eigenvalue weighted by atomic mass is 32.2. The molecule has 0 N–H and O–H groups in total. The fourth-order valence-electron chi connectivity index (χ4n) is 4.05. The first-order valence-corrected chi connectivity index (χ1v) is 11.5. The van der Waals surface area contributed by atoms with Crippen LogP contribution in [0.15, 0.2) is 29.2 Å². The number of hydrogen-bond acceptors (Lipinski definition) is 4. The molecule has 27 heavy (non-hydrogen) atoms. The minimum atomic E-state index is -3.58. The average molecular weight is 394 g/mol. The van der Waals surface area contributed by atoms with Crippen LogP contribution in [0.5, 0.6) is 0 Å². The highest BCUT2D eigenvalue weighted by Gasteiger charge is 2.30. The maximum atomic E-state index is 13.1. The second-order valence-corrected chi connectivity index (χ2v) is 9.56. The fraction of sp³-hybridized carbons (Fsp3) is 0.650. The molecule has 0 atom stereocenters. The Bertz CT molecular complexity index is 751. The predicted octanol–water partition coefficient (Wildman–Crippen LogP) is 2.42. The summed E-state index contributed by atoms with van der Waals surface area (Å²) in [6.07, 6.45) is 5.16. The lowest BCUT2D eigenvalue weighted by Crippen LogP contribution is -2.48. The molecule has 0 spiro atoms.